The van der Waals surface area contributed by atoms with E-state index in [1.807, 2.05) is 20.8 Å². The number of anilines is 1. The summed E-state index contributed by atoms with van der Waals surface area (Å²) in [4.78, 5) is 14.3. The minimum Gasteiger partial charge on any atom is -0.490 e. The smallest absolute Gasteiger partial charge is 0.322 e. The molecule has 0 aliphatic rings. The summed E-state index contributed by atoms with van der Waals surface area (Å²) < 4.78 is 27.2. The molecule has 0 fully saturated rings. The maximum atomic E-state index is 12.7. The van der Waals surface area contributed by atoms with Gasteiger partial charge in [-0.1, -0.05) is 0 Å². The maximum absolute atomic E-state index is 12.7. The molecule has 0 unspecified atom stereocenters. The molecule has 0 aromatic heterocycles. The molecular weight excluding hydrogens is 352 g/mol. The van der Waals surface area contributed by atoms with Gasteiger partial charge in [-0.15, -0.1) is 0 Å². The molecule has 0 spiro atoms. The second-order valence-corrected chi connectivity index (χ2v) is 5.50. The first-order chi connectivity index (χ1) is 13.1. The Morgan fingerprint density at radius 2 is 1.37 bits per heavy atom. The van der Waals surface area contributed by atoms with Crippen LogP contribution in [0.3, 0.4) is 0 Å². The van der Waals surface area contributed by atoms with Gasteiger partial charge >= 0.3 is 6.03 Å². The molecule has 1 N–H and O–H groups in total. The molecule has 1 aromatic carbocycles. The first-order valence-electron chi connectivity index (χ1n) is 9.21. The summed E-state index contributed by atoms with van der Waals surface area (Å²) >= 11 is 0. The van der Waals surface area contributed by atoms with Gasteiger partial charge in [0.2, 0.25) is 5.75 Å². The number of rotatable bonds is 13. The van der Waals surface area contributed by atoms with Crippen LogP contribution in [0.15, 0.2) is 12.1 Å². The predicted molar refractivity (Wildman–Crippen MR) is 104 cm³/mol. The zero-order valence-electron chi connectivity index (χ0n) is 17.0. The molecule has 27 heavy (non-hydrogen) atoms. The highest BCUT2D eigenvalue weighted by atomic mass is 16.5. The number of amides is 2. The number of carbonyl (C=O) groups excluding carboxylic acids is 1. The van der Waals surface area contributed by atoms with E-state index in [0.717, 1.165) is 0 Å². The average molecular weight is 384 g/mol. The zero-order chi connectivity index (χ0) is 20.1. The Labute approximate surface area is 161 Å². The van der Waals surface area contributed by atoms with Gasteiger partial charge in [0.25, 0.3) is 0 Å². The molecule has 2 amide bonds. The van der Waals surface area contributed by atoms with Crippen LogP contribution in [0.5, 0.6) is 17.2 Å². The van der Waals surface area contributed by atoms with Crippen LogP contribution >= 0.6 is 0 Å². The third-order valence-electron chi connectivity index (χ3n) is 3.58. The van der Waals surface area contributed by atoms with E-state index in [4.69, 9.17) is 23.7 Å². The van der Waals surface area contributed by atoms with E-state index >= 15 is 0 Å². The monoisotopic (exact) mass is 384 g/mol. The molecule has 0 aliphatic carbocycles. The van der Waals surface area contributed by atoms with Gasteiger partial charge in [0.05, 0.1) is 38.7 Å². The molecule has 8 heteroatoms. The molecule has 1 aromatic rings. The summed E-state index contributed by atoms with van der Waals surface area (Å²) in [5.74, 6) is 1.59. The number of urea groups is 1. The number of carbonyl (C=O) groups is 1. The van der Waals surface area contributed by atoms with Crippen LogP contribution in [-0.4, -0.2) is 71.3 Å². The van der Waals surface area contributed by atoms with Crippen LogP contribution in [0.2, 0.25) is 0 Å². The lowest BCUT2D eigenvalue weighted by Crippen LogP contribution is -2.39. The van der Waals surface area contributed by atoms with Crippen molar-refractivity contribution in [3.8, 4) is 17.2 Å². The van der Waals surface area contributed by atoms with E-state index in [2.05, 4.69) is 5.32 Å². The van der Waals surface area contributed by atoms with Crippen molar-refractivity contribution in [1.29, 1.82) is 0 Å². The largest absolute Gasteiger partial charge is 0.490 e. The Morgan fingerprint density at radius 1 is 0.889 bits per heavy atom. The summed E-state index contributed by atoms with van der Waals surface area (Å²) in [6.07, 6.45) is 0. The number of nitrogens with one attached hydrogen (secondary N) is 1. The minimum atomic E-state index is -0.252. The molecule has 1 rings (SSSR count). The molecule has 0 saturated heterocycles. The maximum Gasteiger partial charge on any atom is 0.322 e. The SMILES string of the molecule is CCOc1cc(NC(=O)N(CCOC)CCOC)cc(OCC)c1OCC. The normalized spacial score (nSPS) is 10.4. The summed E-state index contributed by atoms with van der Waals surface area (Å²) in [7, 11) is 3.20. The number of methoxy groups -OCH3 is 2. The molecule has 154 valence electrons. The van der Waals surface area contributed by atoms with Crippen LogP contribution in [-0.2, 0) is 9.47 Å². The number of ether oxygens (including phenoxy) is 5. The van der Waals surface area contributed by atoms with Gasteiger partial charge in [0, 0.05) is 39.4 Å². The van der Waals surface area contributed by atoms with Crippen molar-refractivity contribution in [3.05, 3.63) is 12.1 Å². The quantitative estimate of drug-likeness (QED) is 0.563. The van der Waals surface area contributed by atoms with Crippen molar-refractivity contribution in [2.24, 2.45) is 0 Å². The van der Waals surface area contributed by atoms with Crippen LogP contribution in [0.25, 0.3) is 0 Å². The van der Waals surface area contributed by atoms with Gasteiger partial charge in [-0.05, 0) is 20.8 Å². The number of hydrogen-bond acceptors (Lipinski definition) is 6. The molecule has 0 saturated carbocycles. The van der Waals surface area contributed by atoms with Crippen LogP contribution in [0, 0.1) is 0 Å². The summed E-state index contributed by atoms with van der Waals surface area (Å²) in [5.41, 5.74) is 0.565. The standard InChI is InChI=1S/C19H32N2O6/c1-6-25-16-13-15(14-17(26-7-2)18(16)27-8-3)20-19(22)21(9-11-23-4)10-12-24-5/h13-14H,6-12H2,1-5H3,(H,20,22). The van der Waals surface area contributed by atoms with Crippen molar-refractivity contribution < 1.29 is 28.5 Å². The highest BCUT2D eigenvalue weighted by Crippen LogP contribution is 2.40. The van der Waals surface area contributed by atoms with E-state index in [1.54, 1.807) is 31.3 Å². The van der Waals surface area contributed by atoms with Gasteiger partial charge in [0.1, 0.15) is 0 Å². The molecule has 0 aliphatic heterocycles. The molecule has 0 radical (unpaired) electrons. The first kappa shape index (κ1) is 22.9. The zero-order valence-corrected chi connectivity index (χ0v) is 17.0. The third-order valence-corrected chi connectivity index (χ3v) is 3.58. The Kier molecular flexibility index (Phi) is 11.0. The van der Waals surface area contributed by atoms with Crippen molar-refractivity contribution >= 4 is 11.7 Å². The van der Waals surface area contributed by atoms with E-state index < -0.39 is 0 Å². The van der Waals surface area contributed by atoms with Gasteiger partial charge in [-0.25, -0.2) is 4.79 Å². The van der Waals surface area contributed by atoms with Gasteiger partial charge in [0.15, 0.2) is 11.5 Å². The Morgan fingerprint density at radius 3 is 1.78 bits per heavy atom. The summed E-state index contributed by atoms with van der Waals surface area (Å²) in [6, 6.07) is 3.22. The fourth-order valence-corrected chi connectivity index (χ4v) is 2.38. The molecule has 8 nitrogen and oxygen atoms in total. The predicted octanol–water partition coefficient (Wildman–Crippen LogP) is 3.01. The number of benzene rings is 1. The van der Waals surface area contributed by atoms with Crippen LogP contribution in [0.4, 0.5) is 10.5 Å². The topological polar surface area (TPSA) is 78.5 Å². The van der Waals surface area contributed by atoms with E-state index in [-0.39, 0.29) is 6.03 Å². The Hall–Kier alpha value is -2.19. The highest BCUT2D eigenvalue weighted by Gasteiger charge is 2.18. The van der Waals surface area contributed by atoms with Crippen molar-refractivity contribution in [2.75, 3.05) is 65.7 Å². The van der Waals surface area contributed by atoms with E-state index in [0.29, 0.717) is 69.1 Å². The van der Waals surface area contributed by atoms with Gasteiger partial charge in [-0.2, -0.15) is 0 Å². The first-order valence-corrected chi connectivity index (χ1v) is 9.21. The second kappa shape index (κ2) is 13.1. The lowest BCUT2D eigenvalue weighted by molar-refractivity contribution is 0.127. The second-order valence-electron chi connectivity index (χ2n) is 5.50. The minimum absolute atomic E-state index is 0.252. The molecular formula is C19H32N2O6. The van der Waals surface area contributed by atoms with Crippen molar-refractivity contribution in [2.45, 2.75) is 20.8 Å². The Bertz CT molecular complexity index is 532. The fourth-order valence-electron chi connectivity index (χ4n) is 2.38. The number of nitrogens with zero attached hydrogens (tertiary/aromatic N) is 1. The summed E-state index contributed by atoms with van der Waals surface area (Å²) in [6.45, 7) is 8.88. The van der Waals surface area contributed by atoms with E-state index in [9.17, 15) is 4.79 Å². The van der Waals surface area contributed by atoms with Gasteiger partial charge < -0.3 is 33.9 Å². The Balaban J connectivity index is 3.06. The summed E-state index contributed by atoms with van der Waals surface area (Å²) in [5, 5.41) is 2.89. The number of hydrogen-bond donors (Lipinski definition) is 1. The molecule has 0 heterocycles. The van der Waals surface area contributed by atoms with Crippen molar-refractivity contribution in [3.63, 3.8) is 0 Å². The third kappa shape index (κ3) is 7.52. The lowest BCUT2D eigenvalue weighted by Gasteiger charge is -2.23. The fraction of sp³-hybridized carbons (Fsp3) is 0.632. The molecule has 0 bridgehead atoms. The molecule has 0 atom stereocenters. The average Bonchev–Trinajstić information content (AvgIpc) is 2.65. The van der Waals surface area contributed by atoms with Crippen LogP contribution < -0.4 is 19.5 Å². The van der Waals surface area contributed by atoms with Crippen LogP contribution in [0.1, 0.15) is 20.8 Å². The van der Waals surface area contributed by atoms with Crippen molar-refractivity contribution in [1.82, 2.24) is 4.90 Å². The van der Waals surface area contributed by atoms with E-state index in [1.165, 1.54) is 0 Å². The lowest BCUT2D eigenvalue weighted by atomic mass is 10.2. The van der Waals surface area contributed by atoms with Gasteiger partial charge in [-0.3, -0.25) is 0 Å². The highest BCUT2D eigenvalue weighted by molar-refractivity contribution is 5.90.